The van der Waals surface area contributed by atoms with Crippen molar-refractivity contribution in [2.75, 3.05) is 38.5 Å². The number of nitrogens with one attached hydrogen (secondary N) is 1. The minimum absolute atomic E-state index is 0.0179. The van der Waals surface area contributed by atoms with Gasteiger partial charge in [0.2, 0.25) is 5.95 Å². The lowest BCUT2D eigenvalue weighted by molar-refractivity contribution is -0.122. The Morgan fingerprint density at radius 1 is 1.23 bits per heavy atom. The highest BCUT2D eigenvalue weighted by atomic mass is 16.6. The monoisotopic (exact) mass is 417 g/mol. The molecule has 1 aromatic carbocycles. The number of anilines is 1. The Hall–Kier alpha value is -3.89. The Labute approximate surface area is 172 Å². The largest absolute Gasteiger partial charge is 0.483 e. The molecule has 2 aromatic rings. The molecule has 0 atom stereocenters. The maximum absolute atomic E-state index is 12.8. The van der Waals surface area contributed by atoms with Crippen LogP contribution in [-0.4, -0.2) is 76.1 Å². The highest BCUT2D eigenvalue weighted by Crippen LogP contribution is 2.19. The van der Waals surface area contributed by atoms with Gasteiger partial charge in [-0.1, -0.05) is 12.1 Å². The van der Waals surface area contributed by atoms with E-state index in [1.807, 2.05) is 0 Å². The third-order valence-electron chi connectivity index (χ3n) is 4.26. The minimum Gasteiger partial charge on any atom is -0.483 e. The normalized spacial score (nSPS) is 13.1. The van der Waals surface area contributed by atoms with Crippen LogP contribution in [-0.2, 0) is 9.53 Å². The van der Waals surface area contributed by atoms with Crippen LogP contribution in [0, 0.1) is 0 Å². The zero-order valence-corrected chi connectivity index (χ0v) is 16.4. The molecule has 2 amide bonds. The van der Waals surface area contributed by atoms with Crippen molar-refractivity contribution in [3.63, 3.8) is 0 Å². The Morgan fingerprint density at radius 2 is 1.87 bits per heavy atom. The molecule has 1 aliphatic heterocycles. The molecule has 1 aliphatic rings. The number of piperazine rings is 1. The second kappa shape index (κ2) is 10.6. The van der Waals surface area contributed by atoms with Crippen molar-refractivity contribution >= 4 is 24.4 Å². The van der Waals surface area contributed by atoms with Crippen molar-refractivity contribution in [1.82, 2.24) is 19.8 Å². The van der Waals surface area contributed by atoms with Crippen LogP contribution in [0.1, 0.15) is 17.3 Å². The van der Waals surface area contributed by atoms with Crippen LogP contribution in [0.15, 0.2) is 35.1 Å². The quantitative estimate of drug-likeness (QED) is 0.613. The Morgan fingerprint density at radius 3 is 2.47 bits per heavy atom. The van der Waals surface area contributed by atoms with Crippen LogP contribution in [0.4, 0.5) is 10.7 Å². The predicted molar refractivity (Wildman–Crippen MR) is 108 cm³/mol. The van der Waals surface area contributed by atoms with Gasteiger partial charge in [-0.05, 0) is 19.1 Å². The number of carbonyl (C=O) groups excluding carboxylic acids is 2. The van der Waals surface area contributed by atoms with Crippen molar-refractivity contribution in [2.45, 2.75) is 6.92 Å². The van der Waals surface area contributed by atoms with Crippen molar-refractivity contribution in [2.24, 2.45) is 0 Å². The van der Waals surface area contributed by atoms with Gasteiger partial charge in [-0.15, -0.1) is 0 Å². The van der Waals surface area contributed by atoms with E-state index in [9.17, 15) is 14.4 Å². The van der Waals surface area contributed by atoms with E-state index in [4.69, 9.17) is 20.4 Å². The fourth-order valence-electron chi connectivity index (χ4n) is 2.93. The molecule has 1 aromatic heterocycles. The number of carbonyl (C=O) groups is 3. The van der Waals surface area contributed by atoms with E-state index in [1.54, 1.807) is 41.0 Å². The molecule has 1 fully saturated rings. The average Bonchev–Trinajstić information content (AvgIpc) is 2.73. The minimum atomic E-state index is -0.357. The van der Waals surface area contributed by atoms with Crippen molar-refractivity contribution in [3.8, 4) is 11.3 Å². The lowest BCUT2D eigenvalue weighted by Gasteiger charge is -2.34. The summed E-state index contributed by atoms with van der Waals surface area (Å²) in [4.78, 5) is 54.3. The molecule has 3 rings (SSSR count). The number of nitrogens with zero attached hydrogens (tertiary/aromatic N) is 3. The molecule has 30 heavy (non-hydrogen) atoms. The van der Waals surface area contributed by atoms with E-state index in [1.165, 1.54) is 6.07 Å². The zero-order valence-electron chi connectivity index (χ0n) is 16.4. The van der Waals surface area contributed by atoms with Crippen LogP contribution < -0.4 is 11.3 Å². The van der Waals surface area contributed by atoms with E-state index in [0.29, 0.717) is 49.6 Å². The van der Waals surface area contributed by atoms with Crippen LogP contribution in [0.3, 0.4) is 0 Å². The van der Waals surface area contributed by atoms with E-state index < -0.39 is 0 Å². The fraction of sp³-hybridized carbons (Fsp3) is 0.316. The molecule has 1 saturated heterocycles. The number of carboxylic acid groups (broad SMARTS) is 1. The molecule has 0 saturated carbocycles. The molecule has 2 heterocycles. The fourth-order valence-corrected chi connectivity index (χ4v) is 2.93. The molecule has 4 N–H and O–H groups in total. The van der Waals surface area contributed by atoms with Crippen molar-refractivity contribution in [1.29, 1.82) is 0 Å². The number of nitrogens with two attached hydrogens (primary N) is 1. The van der Waals surface area contributed by atoms with Crippen LogP contribution >= 0.6 is 0 Å². The third kappa shape index (κ3) is 5.80. The molecule has 160 valence electrons. The molecular formula is C19H23N5O6. The number of rotatable bonds is 3. The summed E-state index contributed by atoms with van der Waals surface area (Å²) in [5, 5.41) is 6.89. The third-order valence-corrected chi connectivity index (χ3v) is 4.26. The highest BCUT2D eigenvalue weighted by Gasteiger charge is 2.25. The van der Waals surface area contributed by atoms with Gasteiger partial charge in [-0.3, -0.25) is 19.4 Å². The molecule has 0 aliphatic carbocycles. The first-order valence-electron chi connectivity index (χ1n) is 9.15. The number of benzene rings is 1. The predicted octanol–water partition coefficient (Wildman–Crippen LogP) is 0.634. The number of H-pyrrole nitrogens is 1. The summed E-state index contributed by atoms with van der Waals surface area (Å²) < 4.78 is 4.98. The summed E-state index contributed by atoms with van der Waals surface area (Å²) >= 11 is 0. The number of hydrogen-bond donors (Lipinski definition) is 3. The average molecular weight is 417 g/mol. The number of hydrogen-bond acceptors (Lipinski definition) is 7. The second-order valence-electron chi connectivity index (χ2n) is 6.18. The van der Waals surface area contributed by atoms with Gasteiger partial charge in [0, 0.05) is 43.4 Å². The molecule has 0 bridgehead atoms. The number of ether oxygens (including phenoxy) is 1. The number of aromatic amines is 1. The Kier molecular flexibility index (Phi) is 7.91. The number of nitrogen functional groups attached to an aromatic ring is 1. The summed E-state index contributed by atoms with van der Waals surface area (Å²) in [6, 6.07) is 8.21. The van der Waals surface area contributed by atoms with Gasteiger partial charge in [0.05, 0.1) is 12.3 Å². The van der Waals surface area contributed by atoms with Gasteiger partial charge < -0.3 is 25.4 Å². The van der Waals surface area contributed by atoms with Crippen LogP contribution in [0.5, 0.6) is 0 Å². The first-order valence-corrected chi connectivity index (χ1v) is 9.15. The number of amides is 2. The van der Waals surface area contributed by atoms with Crippen molar-refractivity contribution in [3.05, 3.63) is 46.2 Å². The first kappa shape index (κ1) is 22.4. The standard InChI is InChI=1S/C18H21N5O4.CH2O2/c1-2-27-18(26)23-8-6-22(7-9-23)16(25)13-5-3-4-12(10-13)14-11-15(24)21-17(19)20-14;2-1-3/h3-5,10-11H,2,6-9H2,1H3,(H3,19,20,21,24);1H,(H,2,3). The highest BCUT2D eigenvalue weighted by molar-refractivity contribution is 5.95. The summed E-state index contributed by atoms with van der Waals surface area (Å²) in [6.07, 6.45) is -0.357. The number of aromatic nitrogens is 2. The van der Waals surface area contributed by atoms with Gasteiger partial charge >= 0.3 is 6.09 Å². The summed E-state index contributed by atoms with van der Waals surface area (Å²) in [5.41, 5.74) is 6.74. The molecule has 0 radical (unpaired) electrons. The Bertz CT molecular complexity index is 952. The molecule has 0 unspecified atom stereocenters. The van der Waals surface area contributed by atoms with E-state index in [2.05, 4.69) is 9.97 Å². The lowest BCUT2D eigenvalue weighted by atomic mass is 10.1. The van der Waals surface area contributed by atoms with E-state index in [0.717, 1.165) is 0 Å². The smallest absolute Gasteiger partial charge is 0.409 e. The van der Waals surface area contributed by atoms with Gasteiger partial charge in [-0.25, -0.2) is 9.78 Å². The second-order valence-corrected chi connectivity index (χ2v) is 6.18. The van der Waals surface area contributed by atoms with Crippen molar-refractivity contribution < 1.29 is 24.2 Å². The molecule has 11 heteroatoms. The molecule has 0 spiro atoms. The van der Waals surface area contributed by atoms with Crippen LogP contribution in [0.2, 0.25) is 0 Å². The lowest BCUT2D eigenvalue weighted by Crippen LogP contribution is -2.50. The zero-order chi connectivity index (χ0) is 22.1. The van der Waals surface area contributed by atoms with Gasteiger partial charge in [-0.2, -0.15) is 0 Å². The molecular weight excluding hydrogens is 394 g/mol. The molecule has 11 nitrogen and oxygen atoms in total. The van der Waals surface area contributed by atoms with Gasteiger partial charge in [0.1, 0.15) is 0 Å². The summed E-state index contributed by atoms with van der Waals surface area (Å²) in [6.45, 7) is 3.54. The SMILES string of the molecule is CCOC(=O)N1CCN(C(=O)c2cccc(-c3cc(=O)[nH]c(N)n3)c2)CC1.O=CO. The summed E-state index contributed by atoms with van der Waals surface area (Å²) in [5.74, 6) is -0.123. The summed E-state index contributed by atoms with van der Waals surface area (Å²) in [7, 11) is 0. The maximum Gasteiger partial charge on any atom is 0.409 e. The van der Waals surface area contributed by atoms with E-state index in [-0.39, 0.29) is 30.0 Å². The van der Waals surface area contributed by atoms with Crippen LogP contribution in [0.25, 0.3) is 11.3 Å². The van der Waals surface area contributed by atoms with Gasteiger partial charge in [0.15, 0.2) is 0 Å². The van der Waals surface area contributed by atoms with Gasteiger partial charge in [0.25, 0.3) is 17.9 Å². The van der Waals surface area contributed by atoms with E-state index >= 15 is 0 Å². The maximum atomic E-state index is 12.8. The topological polar surface area (TPSA) is 159 Å². The Balaban J connectivity index is 0.00000101. The first-order chi connectivity index (χ1) is 14.4.